The van der Waals surface area contributed by atoms with E-state index in [1.165, 1.54) is 30.3 Å². The molecule has 0 aliphatic rings. The molecular formula is C22H21ClN2O4S. The first kappa shape index (κ1) is 21.7. The topological polar surface area (TPSA) is 84.5 Å². The summed E-state index contributed by atoms with van der Waals surface area (Å²) in [6.45, 7) is 2.49. The molecule has 0 fully saturated rings. The van der Waals surface area contributed by atoms with Gasteiger partial charge in [-0.05, 0) is 48.9 Å². The first-order valence-electron chi connectivity index (χ1n) is 9.21. The van der Waals surface area contributed by atoms with E-state index in [4.69, 9.17) is 16.3 Å². The zero-order valence-electron chi connectivity index (χ0n) is 16.3. The summed E-state index contributed by atoms with van der Waals surface area (Å²) in [4.78, 5) is 12.6. The van der Waals surface area contributed by atoms with Gasteiger partial charge in [-0.15, -0.1) is 0 Å². The van der Waals surface area contributed by atoms with Gasteiger partial charge in [-0.1, -0.05) is 48.0 Å². The van der Waals surface area contributed by atoms with E-state index in [0.717, 1.165) is 11.3 Å². The Morgan fingerprint density at radius 3 is 2.43 bits per heavy atom. The van der Waals surface area contributed by atoms with Gasteiger partial charge < -0.3 is 10.1 Å². The standard InChI is InChI=1S/C22H21ClN2O4S/c1-16-7-5-6-10-21(16)29-14-13-24-22(26)19-15-17(11-12-20(19)23)25-30(27,28)18-8-3-2-4-9-18/h2-12,15,25H,13-14H2,1H3,(H,24,26). The van der Waals surface area contributed by atoms with E-state index in [1.807, 2.05) is 31.2 Å². The zero-order valence-corrected chi connectivity index (χ0v) is 17.8. The van der Waals surface area contributed by atoms with Crippen LogP contribution in [-0.2, 0) is 10.0 Å². The van der Waals surface area contributed by atoms with Crippen LogP contribution in [0.1, 0.15) is 15.9 Å². The van der Waals surface area contributed by atoms with Crippen molar-refractivity contribution in [2.45, 2.75) is 11.8 Å². The molecule has 30 heavy (non-hydrogen) atoms. The first-order chi connectivity index (χ1) is 14.4. The molecule has 0 aromatic heterocycles. The maximum atomic E-state index is 12.5. The number of amides is 1. The van der Waals surface area contributed by atoms with E-state index in [1.54, 1.807) is 18.2 Å². The molecule has 156 valence electrons. The number of hydrogen-bond donors (Lipinski definition) is 2. The molecule has 1 amide bonds. The number of rotatable bonds is 8. The Hall–Kier alpha value is -3.03. The Labute approximate surface area is 180 Å². The second kappa shape index (κ2) is 9.65. The Kier molecular flexibility index (Phi) is 6.97. The number of carbonyl (C=O) groups excluding carboxylic acids is 1. The average molecular weight is 445 g/mol. The summed E-state index contributed by atoms with van der Waals surface area (Å²) >= 11 is 6.14. The van der Waals surface area contributed by atoms with Gasteiger partial charge in [0.1, 0.15) is 12.4 Å². The number of aryl methyl sites for hydroxylation is 1. The van der Waals surface area contributed by atoms with Crippen molar-refractivity contribution in [1.82, 2.24) is 5.32 Å². The molecule has 8 heteroatoms. The van der Waals surface area contributed by atoms with E-state index >= 15 is 0 Å². The van der Waals surface area contributed by atoms with Crippen LogP contribution in [-0.4, -0.2) is 27.5 Å². The lowest BCUT2D eigenvalue weighted by molar-refractivity contribution is 0.0947. The van der Waals surface area contributed by atoms with Crippen molar-refractivity contribution >= 4 is 33.2 Å². The van der Waals surface area contributed by atoms with Crippen LogP contribution in [0.2, 0.25) is 5.02 Å². The summed E-state index contributed by atoms with van der Waals surface area (Å²) in [5.41, 5.74) is 1.41. The monoisotopic (exact) mass is 444 g/mol. The van der Waals surface area contributed by atoms with Crippen LogP contribution in [0, 0.1) is 6.92 Å². The third kappa shape index (κ3) is 5.52. The van der Waals surface area contributed by atoms with Gasteiger partial charge in [0.15, 0.2) is 0 Å². The molecule has 0 spiro atoms. The normalized spacial score (nSPS) is 11.0. The predicted molar refractivity (Wildman–Crippen MR) is 118 cm³/mol. The smallest absolute Gasteiger partial charge is 0.261 e. The molecule has 3 rings (SSSR count). The van der Waals surface area contributed by atoms with Crippen LogP contribution < -0.4 is 14.8 Å². The predicted octanol–water partition coefficient (Wildman–Crippen LogP) is 4.26. The number of benzene rings is 3. The van der Waals surface area contributed by atoms with Gasteiger partial charge in [0.2, 0.25) is 0 Å². The molecule has 3 aromatic carbocycles. The fraction of sp³-hybridized carbons (Fsp3) is 0.136. The number of para-hydroxylation sites is 1. The van der Waals surface area contributed by atoms with E-state index in [-0.39, 0.29) is 34.3 Å². The van der Waals surface area contributed by atoms with Crippen LogP contribution in [0.25, 0.3) is 0 Å². The summed E-state index contributed by atoms with van der Waals surface area (Å²) < 4.78 is 33.1. The zero-order chi connectivity index (χ0) is 21.6. The summed E-state index contributed by atoms with van der Waals surface area (Å²) in [6, 6.07) is 19.9. The van der Waals surface area contributed by atoms with Gasteiger partial charge >= 0.3 is 0 Å². The maximum Gasteiger partial charge on any atom is 0.261 e. The van der Waals surface area contributed by atoms with Gasteiger partial charge in [-0.2, -0.15) is 0 Å². The SMILES string of the molecule is Cc1ccccc1OCCNC(=O)c1cc(NS(=O)(=O)c2ccccc2)ccc1Cl. The first-order valence-corrected chi connectivity index (χ1v) is 11.1. The lowest BCUT2D eigenvalue weighted by Gasteiger charge is -2.12. The number of hydrogen-bond acceptors (Lipinski definition) is 4. The molecule has 0 aliphatic carbocycles. The van der Waals surface area contributed by atoms with Crippen LogP contribution in [0.5, 0.6) is 5.75 Å². The molecule has 0 bridgehead atoms. The highest BCUT2D eigenvalue weighted by Gasteiger charge is 2.16. The van der Waals surface area contributed by atoms with E-state index in [9.17, 15) is 13.2 Å². The number of sulfonamides is 1. The summed E-state index contributed by atoms with van der Waals surface area (Å²) in [7, 11) is -3.77. The average Bonchev–Trinajstić information content (AvgIpc) is 2.74. The number of halogens is 1. The Morgan fingerprint density at radius 2 is 1.70 bits per heavy atom. The molecule has 6 nitrogen and oxygen atoms in total. The van der Waals surface area contributed by atoms with Gasteiger partial charge in [-0.25, -0.2) is 8.42 Å². The summed E-state index contributed by atoms with van der Waals surface area (Å²) in [6.07, 6.45) is 0. The molecule has 0 heterocycles. The summed E-state index contributed by atoms with van der Waals surface area (Å²) in [5.74, 6) is 0.330. The fourth-order valence-electron chi connectivity index (χ4n) is 2.72. The summed E-state index contributed by atoms with van der Waals surface area (Å²) in [5, 5.41) is 2.94. The maximum absolute atomic E-state index is 12.5. The lowest BCUT2D eigenvalue weighted by Crippen LogP contribution is -2.28. The lowest BCUT2D eigenvalue weighted by atomic mass is 10.2. The van der Waals surface area contributed by atoms with Crippen molar-refractivity contribution in [3.63, 3.8) is 0 Å². The van der Waals surface area contributed by atoms with Crippen molar-refractivity contribution in [2.24, 2.45) is 0 Å². The molecule has 0 saturated heterocycles. The number of anilines is 1. The third-order valence-corrected chi connectivity index (χ3v) is 5.98. The van der Waals surface area contributed by atoms with Gasteiger partial charge in [0.25, 0.3) is 15.9 Å². The van der Waals surface area contributed by atoms with Crippen LogP contribution in [0.4, 0.5) is 5.69 Å². The molecule has 0 atom stereocenters. The molecule has 0 radical (unpaired) electrons. The highest BCUT2D eigenvalue weighted by Crippen LogP contribution is 2.23. The fourth-order valence-corrected chi connectivity index (χ4v) is 3.99. The quantitative estimate of drug-likeness (QED) is 0.508. The second-order valence-corrected chi connectivity index (χ2v) is 8.57. The highest BCUT2D eigenvalue weighted by atomic mass is 35.5. The van der Waals surface area contributed by atoms with E-state index in [2.05, 4.69) is 10.0 Å². The minimum atomic E-state index is -3.77. The van der Waals surface area contributed by atoms with Crippen molar-refractivity contribution < 1.29 is 17.9 Å². The minimum absolute atomic E-state index is 0.124. The Bertz CT molecular complexity index is 1130. The third-order valence-electron chi connectivity index (χ3n) is 4.26. The molecule has 3 aromatic rings. The molecule has 2 N–H and O–H groups in total. The molecule has 0 unspecified atom stereocenters. The highest BCUT2D eigenvalue weighted by molar-refractivity contribution is 7.92. The van der Waals surface area contributed by atoms with Gasteiger partial charge in [0.05, 0.1) is 22.0 Å². The van der Waals surface area contributed by atoms with Gasteiger partial charge in [0, 0.05) is 5.69 Å². The Morgan fingerprint density at radius 1 is 1.00 bits per heavy atom. The van der Waals surface area contributed by atoms with E-state index in [0.29, 0.717) is 0 Å². The largest absolute Gasteiger partial charge is 0.491 e. The number of carbonyl (C=O) groups is 1. The Balaban J connectivity index is 1.63. The van der Waals surface area contributed by atoms with Crippen molar-refractivity contribution in [3.8, 4) is 5.75 Å². The van der Waals surface area contributed by atoms with Crippen molar-refractivity contribution in [1.29, 1.82) is 0 Å². The minimum Gasteiger partial charge on any atom is -0.491 e. The van der Waals surface area contributed by atoms with Crippen LogP contribution >= 0.6 is 11.6 Å². The molecular weight excluding hydrogens is 424 g/mol. The van der Waals surface area contributed by atoms with Crippen molar-refractivity contribution in [2.75, 3.05) is 17.9 Å². The van der Waals surface area contributed by atoms with Crippen molar-refractivity contribution in [3.05, 3.63) is 88.9 Å². The molecule has 0 aliphatic heterocycles. The number of ether oxygens (including phenoxy) is 1. The number of nitrogens with one attached hydrogen (secondary N) is 2. The van der Waals surface area contributed by atoms with Gasteiger partial charge in [-0.3, -0.25) is 9.52 Å². The van der Waals surface area contributed by atoms with E-state index < -0.39 is 15.9 Å². The second-order valence-electron chi connectivity index (χ2n) is 6.48. The molecule has 0 saturated carbocycles. The van der Waals surface area contributed by atoms with Crippen LogP contribution in [0.15, 0.2) is 77.7 Å². The van der Waals surface area contributed by atoms with Crippen LogP contribution in [0.3, 0.4) is 0 Å².